The Balaban J connectivity index is 1.63. The lowest BCUT2D eigenvalue weighted by Gasteiger charge is -2.46. The molecule has 38 heavy (non-hydrogen) atoms. The van der Waals surface area contributed by atoms with E-state index in [1.807, 2.05) is 0 Å². The van der Waals surface area contributed by atoms with Gasteiger partial charge in [0.25, 0.3) is 5.82 Å². The van der Waals surface area contributed by atoms with Crippen LogP contribution in [0.5, 0.6) is 0 Å². The predicted octanol–water partition coefficient (Wildman–Crippen LogP) is 8.93. The molecule has 1 aromatic heterocycles. The molecular formula is C36H41N2+. The fourth-order valence-corrected chi connectivity index (χ4v) is 8.65. The van der Waals surface area contributed by atoms with Gasteiger partial charge in [-0.25, -0.2) is 4.57 Å². The molecule has 1 aliphatic heterocycles. The van der Waals surface area contributed by atoms with E-state index < -0.39 is 0 Å². The molecule has 4 aromatic rings. The molecule has 2 heterocycles. The van der Waals surface area contributed by atoms with Gasteiger partial charge in [-0.15, -0.1) is 0 Å². The molecule has 2 heteroatoms. The van der Waals surface area contributed by atoms with Crippen LogP contribution in [0.4, 0.5) is 0 Å². The Morgan fingerprint density at radius 2 is 1.24 bits per heavy atom. The van der Waals surface area contributed by atoms with Crippen molar-refractivity contribution in [2.24, 2.45) is 11.8 Å². The van der Waals surface area contributed by atoms with Crippen molar-refractivity contribution in [1.82, 2.24) is 4.57 Å². The summed E-state index contributed by atoms with van der Waals surface area (Å²) in [4.78, 5) is 0. The summed E-state index contributed by atoms with van der Waals surface area (Å²) in [5.41, 5.74) is 9.92. The number of benzene rings is 3. The van der Waals surface area contributed by atoms with Crippen LogP contribution in [-0.2, 0) is 5.54 Å². The number of imidazole rings is 1. The van der Waals surface area contributed by atoms with Crippen LogP contribution in [0.25, 0.3) is 28.3 Å². The summed E-state index contributed by atoms with van der Waals surface area (Å²) >= 11 is 0. The highest BCUT2D eigenvalue weighted by molar-refractivity contribution is 5.73. The van der Waals surface area contributed by atoms with Crippen LogP contribution in [0, 0.1) is 25.7 Å². The lowest BCUT2D eigenvalue weighted by Crippen LogP contribution is -2.64. The van der Waals surface area contributed by atoms with Gasteiger partial charge in [-0.2, -0.15) is 4.57 Å². The maximum absolute atomic E-state index is 2.92. The molecular weight excluding hydrogens is 460 g/mol. The fourth-order valence-electron chi connectivity index (χ4n) is 8.65. The Labute approximate surface area is 228 Å². The third-order valence-corrected chi connectivity index (χ3v) is 10.2. The van der Waals surface area contributed by atoms with E-state index in [1.54, 1.807) is 5.56 Å². The zero-order chi connectivity index (χ0) is 25.7. The Morgan fingerprint density at radius 1 is 0.658 bits per heavy atom. The number of hydrogen-bond acceptors (Lipinski definition) is 0. The Morgan fingerprint density at radius 3 is 1.89 bits per heavy atom. The minimum Gasteiger partial charge on any atom is -0.212 e. The molecule has 2 saturated carbocycles. The number of fused-ring (bicyclic) bond motifs is 3. The molecule has 194 valence electrons. The summed E-state index contributed by atoms with van der Waals surface area (Å²) in [5, 5.41) is 0. The Bertz CT molecular complexity index is 1430. The van der Waals surface area contributed by atoms with Crippen LogP contribution in [0.3, 0.4) is 0 Å². The van der Waals surface area contributed by atoms with Crippen LogP contribution < -0.4 is 4.57 Å². The van der Waals surface area contributed by atoms with Gasteiger partial charge in [0.1, 0.15) is 11.2 Å². The summed E-state index contributed by atoms with van der Waals surface area (Å²) < 4.78 is 5.52. The van der Waals surface area contributed by atoms with E-state index in [2.05, 4.69) is 102 Å². The van der Waals surface area contributed by atoms with Gasteiger partial charge in [0.2, 0.25) is 0 Å². The third-order valence-electron chi connectivity index (χ3n) is 10.2. The van der Waals surface area contributed by atoms with Crippen LogP contribution in [0.15, 0.2) is 78.9 Å². The van der Waals surface area contributed by atoms with E-state index in [4.69, 9.17) is 0 Å². The van der Waals surface area contributed by atoms with E-state index >= 15 is 0 Å². The summed E-state index contributed by atoms with van der Waals surface area (Å²) in [6, 6.07) is 29.8. The van der Waals surface area contributed by atoms with Crippen molar-refractivity contribution in [1.29, 1.82) is 0 Å². The molecule has 0 N–H and O–H groups in total. The minimum atomic E-state index is 0.0244. The van der Waals surface area contributed by atoms with Gasteiger partial charge in [0.15, 0.2) is 11.4 Å². The zero-order valence-corrected chi connectivity index (χ0v) is 23.1. The van der Waals surface area contributed by atoms with Gasteiger partial charge in [-0.1, -0.05) is 99.2 Å². The van der Waals surface area contributed by atoms with Crippen molar-refractivity contribution < 1.29 is 4.57 Å². The largest absolute Gasteiger partial charge is 0.295 e. The van der Waals surface area contributed by atoms with E-state index in [0.29, 0.717) is 11.8 Å². The molecule has 3 aliphatic rings. The summed E-state index contributed by atoms with van der Waals surface area (Å²) in [5.74, 6) is 2.74. The van der Waals surface area contributed by atoms with Crippen molar-refractivity contribution in [3.63, 3.8) is 0 Å². The van der Waals surface area contributed by atoms with E-state index in [-0.39, 0.29) is 5.54 Å². The minimum absolute atomic E-state index is 0.0244. The fraction of sp³-hybridized carbons (Fsp3) is 0.417. The standard InChI is InChI=1S/C36H41N2/c1-26-16-12-15-25-33(26)37-27(2)34-31-23-13-14-24-32(31)36(29-19-8-4-9-20-29,30-21-10-5-11-22-30)38(34)35(37)28-17-6-3-7-18-28/h3,6-7,12-18,23-25,29-30H,4-5,8-11,19-22H2,1-2H3/q+1. The molecule has 0 spiro atoms. The first kappa shape index (κ1) is 23.9. The molecule has 2 fully saturated rings. The van der Waals surface area contributed by atoms with Crippen LogP contribution in [0.2, 0.25) is 0 Å². The average Bonchev–Trinajstić information content (AvgIpc) is 3.45. The SMILES string of the molecule is Cc1ccccc1-n1c(C)c2[n+](c1-c1ccccc1)C(C1CCCCC1)(C1CCCCC1)c1ccccc1-2. The molecule has 3 aromatic carbocycles. The van der Waals surface area contributed by atoms with E-state index in [0.717, 1.165) is 0 Å². The summed E-state index contributed by atoms with van der Waals surface area (Å²) in [6.45, 7) is 4.64. The highest BCUT2D eigenvalue weighted by Crippen LogP contribution is 2.56. The molecule has 0 saturated heterocycles. The van der Waals surface area contributed by atoms with Gasteiger partial charge in [0, 0.05) is 29.9 Å². The summed E-state index contributed by atoms with van der Waals surface area (Å²) in [7, 11) is 0. The van der Waals surface area contributed by atoms with Gasteiger partial charge in [-0.05, 0) is 56.4 Å². The normalized spacial score (nSPS) is 19.3. The first-order valence-electron chi connectivity index (χ1n) is 15.1. The average molecular weight is 502 g/mol. The molecule has 2 aliphatic carbocycles. The van der Waals surface area contributed by atoms with E-state index in [1.165, 1.54) is 104 Å². The van der Waals surface area contributed by atoms with Crippen LogP contribution >= 0.6 is 0 Å². The van der Waals surface area contributed by atoms with Crippen molar-refractivity contribution >= 4 is 0 Å². The first-order chi connectivity index (χ1) is 18.7. The van der Waals surface area contributed by atoms with Gasteiger partial charge < -0.3 is 0 Å². The lowest BCUT2D eigenvalue weighted by molar-refractivity contribution is -0.747. The number of hydrogen-bond donors (Lipinski definition) is 0. The highest BCUT2D eigenvalue weighted by Gasteiger charge is 2.60. The molecule has 0 amide bonds. The van der Waals surface area contributed by atoms with Crippen molar-refractivity contribution in [3.8, 4) is 28.3 Å². The van der Waals surface area contributed by atoms with Crippen LogP contribution in [0.1, 0.15) is 81.0 Å². The quantitative estimate of drug-likeness (QED) is 0.247. The zero-order valence-electron chi connectivity index (χ0n) is 23.1. The van der Waals surface area contributed by atoms with Gasteiger partial charge >= 0.3 is 0 Å². The van der Waals surface area contributed by atoms with E-state index in [9.17, 15) is 0 Å². The second kappa shape index (κ2) is 9.56. The Kier molecular flexibility index (Phi) is 6.02. The number of rotatable bonds is 4. The molecule has 2 nitrogen and oxygen atoms in total. The lowest BCUT2D eigenvalue weighted by atomic mass is 9.61. The molecule has 0 unspecified atom stereocenters. The van der Waals surface area contributed by atoms with Crippen molar-refractivity contribution in [3.05, 3.63) is 95.7 Å². The predicted molar refractivity (Wildman–Crippen MR) is 157 cm³/mol. The third kappa shape index (κ3) is 3.42. The maximum Gasteiger partial charge on any atom is 0.295 e. The van der Waals surface area contributed by atoms with Gasteiger partial charge in [-0.3, -0.25) is 0 Å². The number of para-hydroxylation sites is 1. The second-order valence-electron chi connectivity index (χ2n) is 12.1. The molecule has 7 rings (SSSR count). The topological polar surface area (TPSA) is 8.81 Å². The summed E-state index contributed by atoms with van der Waals surface area (Å²) in [6.07, 6.45) is 13.7. The van der Waals surface area contributed by atoms with Crippen LogP contribution in [-0.4, -0.2) is 4.57 Å². The molecule has 0 bridgehead atoms. The molecule has 0 radical (unpaired) electrons. The number of aromatic nitrogens is 2. The number of aryl methyl sites for hydroxylation is 1. The second-order valence-corrected chi connectivity index (χ2v) is 12.1. The maximum atomic E-state index is 2.92. The number of nitrogens with zero attached hydrogens (tertiary/aromatic N) is 2. The molecule has 0 atom stereocenters. The smallest absolute Gasteiger partial charge is 0.212 e. The van der Waals surface area contributed by atoms with Crippen molar-refractivity contribution in [2.75, 3.05) is 0 Å². The highest BCUT2D eigenvalue weighted by atomic mass is 15.3. The van der Waals surface area contributed by atoms with Gasteiger partial charge in [0.05, 0.1) is 5.56 Å². The first-order valence-corrected chi connectivity index (χ1v) is 15.1. The monoisotopic (exact) mass is 501 g/mol. The van der Waals surface area contributed by atoms with Crippen molar-refractivity contribution in [2.45, 2.75) is 83.6 Å². The Hall–Kier alpha value is -3.13.